The van der Waals surface area contributed by atoms with Gasteiger partial charge in [-0.25, -0.2) is 0 Å². The molecule has 0 radical (unpaired) electrons. The maximum Gasteiger partial charge on any atom is 0.306 e. The molecule has 2 aliphatic carbocycles. The second kappa shape index (κ2) is 6.08. The minimum absolute atomic E-state index is 0.0527. The van der Waals surface area contributed by atoms with E-state index in [1.54, 1.807) is 0 Å². The molecule has 0 aliphatic heterocycles. The molecular formula is C16H28O2. The molecule has 0 heterocycles. The van der Waals surface area contributed by atoms with E-state index in [0.29, 0.717) is 11.8 Å². The summed E-state index contributed by atoms with van der Waals surface area (Å²) in [6, 6.07) is 0. The first kappa shape index (κ1) is 13.9. The van der Waals surface area contributed by atoms with E-state index in [4.69, 9.17) is 0 Å². The molecule has 0 saturated heterocycles. The number of rotatable bonds is 3. The maximum atomic E-state index is 11.5. The SMILES string of the molecule is CCC1CCC(C(=O)O)C(C2CCCC(C)C2)C1. The monoisotopic (exact) mass is 252 g/mol. The summed E-state index contributed by atoms with van der Waals surface area (Å²) in [5.41, 5.74) is 0. The third-order valence-corrected chi connectivity index (χ3v) is 5.49. The number of hydrogen-bond acceptors (Lipinski definition) is 1. The highest BCUT2D eigenvalue weighted by molar-refractivity contribution is 5.70. The summed E-state index contributed by atoms with van der Waals surface area (Å²) in [7, 11) is 0. The molecule has 5 unspecified atom stereocenters. The number of aliphatic carboxylic acids is 1. The fourth-order valence-corrected chi connectivity index (χ4v) is 4.36. The van der Waals surface area contributed by atoms with Crippen molar-refractivity contribution in [2.45, 2.75) is 65.2 Å². The molecule has 104 valence electrons. The van der Waals surface area contributed by atoms with Crippen LogP contribution in [0.25, 0.3) is 0 Å². The van der Waals surface area contributed by atoms with Gasteiger partial charge >= 0.3 is 5.97 Å². The molecule has 2 fully saturated rings. The average Bonchev–Trinajstić information content (AvgIpc) is 2.38. The van der Waals surface area contributed by atoms with Gasteiger partial charge in [0.1, 0.15) is 0 Å². The first-order valence-corrected chi connectivity index (χ1v) is 7.84. The summed E-state index contributed by atoms with van der Waals surface area (Å²) in [4.78, 5) is 11.5. The largest absolute Gasteiger partial charge is 0.481 e. The van der Waals surface area contributed by atoms with Gasteiger partial charge in [-0.2, -0.15) is 0 Å². The fraction of sp³-hybridized carbons (Fsp3) is 0.938. The van der Waals surface area contributed by atoms with Gasteiger partial charge in [-0.15, -0.1) is 0 Å². The highest BCUT2D eigenvalue weighted by atomic mass is 16.4. The molecule has 2 saturated carbocycles. The summed E-state index contributed by atoms with van der Waals surface area (Å²) < 4.78 is 0. The van der Waals surface area contributed by atoms with E-state index in [-0.39, 0.29) is 5.92 Å². The topological polar surface area (TPSA) is 37.3 Å². The molecule has 0 bridgehead atoms. The zero-order valence-electron chi connectivity index (χ0n) is 11.9. The lowest BCUT2D eigenvalue weighted by Gasteiger charge is -2.41. The molecule has 2 rings (SSSR count). The van der Waals surface area contributed by atoms with Crippen molar-refractivity contribution in [3.05, 3.63) is 0 Å². The maximum absolute atomic E-state index is 11.5. The lowest BCUT2D eigenvalue weighted by molar-refractivity contribution is -0.147. The summed E-state index contributed by atoms with van der Waals surface area (Å²) in [5.74, 6) is 2.15. The summed E-state index contributed by atoms with van der Waals surface area (Å²) in [6.07, 6.45) is 9.65. The lowest BCUT2D eigenvalue weighted by atomic mass is 9.63. The van der Waals surface area contributed by atoms with Crippen molar-refractivity contribution in [2.24, 2.45) is 29.6 Å². The van der Waals surface area contributed by atoms with E-state index >= 15 is 0 Å². The van der Waals surface area contributed by atoms with Gasteiger partial charge in [0.2, 0.25) is 0 Å². The Hall–Kier alpha value is -0.530. The molecule has 0 aromatic rings. The normalized spacial score (nSPS) is 41.6. The van der Waals surface area contributed by atoms with Gasteiger partial charge < -0.3 is 5.11 Å². The Morgan fingerprint density at radius 3 is 2.56 bits per heavy atom. The predicted molar refractivity (Wildman–Crippen MR) is 73.4 cm³/mol. The van der Waals surface area contributed by atoms with E-state index in [2.05, 4.69) is 13.8 Å². The van der Waals surface area contributed by atoms with Crippen molar-refractivity contribution in [1.29, 1.82) is 0 Å². The van der Waals surface area contributed by atoms with Crippen molar-refractivity contribution in [2.75, 3.05) is 0 Å². The van der Waals surface area contributed by atoms with Crippen LogP contribution in [0.5, 0.6) is 0 Å². The van der Waals surface area contributed by atoms with Gasteiger partial charge in [-0.05, 0) is 49.4 Å². The molecule has 0 aromatic heterocycles. The molecular weight excluding hydrogens is 224 g/mol. The Labute approximate surface area is 111 Å². The summed E-state index contributed by atoms with van der Waals surface area (Å²) in [5, 5.41) is 9.46. The zero-order valence-corrected chi connectivity index (χ0v) is 11.9. The van der Waals surface area contributed by atoms with Crippen LogP contribution in [0.4, 0.5) is 0 Å². The first-order chi connectivity index (χ1) is 8.61. The minimum atomic E-state index is -0.534. The Kier molecular flexibility index (Phi) is 4.69. The summed E-state index contributed by atoms with van der Waals surface area (Å²) >= 11 is 0. The van der Waals surface area contributed by atoms with Crippen molar-refractivity contribution >= 4 is 5.97 Å². The van der Waals surface area contributed by atoms with E-state index < -0.39 is 5.97 Å². The van der Waals surface area contributed by atoms with Crippen LogP contribution in [0, 0.1) is 29.6 Å². The third-order valence-electron chi connectivity index (χ3n) is 5.49. The Bertz CT molecular complexity index is 287. The van der Waals surface area contributed by atoms with Crippen LogP contribution in [0.1, 0.15) is 65.2 Å². The van der Waals surface area contributed by atoms with E-state index in [0.717, 1.165) is 24.7 Å². The van der Waals surface area contributed by atoms with E-state index in [1.807, 2.05) is 0 Å². The molecule has 18 heavy (non-hydrogen) atoms. The minimum Gasteiger partial charge on any atom is -0.481 e. The van der Waals surface area contributed by atoms with Crippen LogP contribution in [-0.2, 0) is 4.79 Å². The second-order valence-electron chi connectivity index (χ2n) is 6.73. The van der Waals surface area contributed by atoms with Crippen LogP contribution in [-0.4, -0.2) is 11.1 Å². The standard InChI is InChI=1S/C16H28O2/c1-3-12-7-8-14(16(17)18)15(10-12)13-6-4-5-11(2)9-13/h11-15H,3-10H2,1-2H3,(H,17,18). The number of carboxylic acid groups (broad SMARTS) is 1. The van der Waals surface area contributed by atoms with E-state index in [1.165, 1.54) is 38.5 Å². The predicted octanol–water partition coefficient (Wildman–Crippen LogP) is 4.34. The van der Waals surface area contributed by atoms with Crippen LogP contribution in [0.3, 0.4) is 0 Å². The molecule has 2 nitrogen and oxygen atoms in total. The molecule has 0 spiro atoms. The third kappa shape index (κ3) is 3.07. The Balaban J connectivity index is 2.06. The molecule has 0 aromatic carbocycles. The van der Waals surface area contributed by atoms with Gasteiger partial charge in [-0.1, -0.05) is 39.5 Å². The van der Waals surface area contributed by atoms with Gasteiger partial charge in [0.05, 0.1) is 5.92 Å². The van der Waals surface area contributed by atoms with E-state index in [9.17, 15) is 9.90 Å². The Morgan fingerprint density at radius 1 is 1.17 bits per heavy atom. The first-order valence-electron chi connectivity index (χ1n) is 7.84. The number of carboxylic acids is 1. The van der Waals surface area contributed by atoms with Gasteiger partial charge in [0, 0.05) is 0 Å². The van der Waals surface area contributed by atoms with Crippen molar-refractivity contribution < 1.29 is 9.90 Å². The molecule has 1 N–H and O–H groups in total. The van der Waals surface area contributed by atoms with Crippen molar-refractivity contribution in [1.82, 2.24) is 0 Å². The molecule has 2 heteroatoms. The fourth-order valence-electron chi connectivity index (χ4n) is 4.36. The van der Waals surface area contributed by atoms with Crippen LogP contribution >= 0.6 is 0 Å². The quantitative estimate of drug-likeness (QED) is 0.811. The van der Waals surface area contributed by atoms with Crippen LogP contribution in [0.15, 0.2) is 0 Å². The second-order valence-corrected chi connectivity index (χ2v) is 6.73. The smallest absolute Gasteiger partial charge is 0.306 e. The molecule has 2 aliphatic rings. The van der Waals surface area contributed by atoms with Crippen LogP contribution in [0.2, 0.25) is 0 Å². The number of hydrogen-bond donors (Lipinski definition) is 1. The lowest BCUT2D eigenvalue weighted by Crippen LogP contribution is -2.37. The van der Waals surface area contributed by atoms with Gasteiger partial charge in [-0.3, -0.25) is 4.79 Å². The average molecular weight is 252 g/mol. The summed E-state index contributed by atoms with van der Waals surface area (Å²) in [6.45, 7) is 4.59. The highest BCUT2D eigenvalue weighted by Crippen LogP contribution is 2.45. The van der Waals surface area contributed by atoms with Crippen LogP contribution < -0.4 is 0 Å². The number of carbonyl (C=O) groups is 1. The Morgan fingerprint density at radius 2 is 1.94 bits per heavy atom. The molecule has 5 atom stereocenters. The van der Waals surface area contributed by atoms with Crippen molar-refractivity contribution in [3.8, 4) is 0 Å². The van der Waals surface area contributed by atoms with Gasteiger partial charge in [0.15, 0.2) is 0 Å². The highest BCUT2D eigenvalue weighted by Gasteiger charge is 2.39. The molecule has 0 amide bonds. The van der Waals surface area contributed by atoms with Gasteiger partial charge in [0.25, 0.3) is 0 Å². The zero-order chi connectivity index (χ0) is 13.1. The van der Waals surface area contributed by atoms with Crippen molar-refractivity contribution in [3.63, 3.8) is 0 Å².